The molecule has 5 heteroatoms. The van der Waals surface area contributed by atoms with Crippen LogP contribution in [0.3, 0.4) is 0 Å². The van der Waals surface area contributed by atoms with Gasteiger partial charge in [-0.25, -0.2) is 0 Å². The maximum atomic E-state index is 5.82. The first-order valence-corrected chi connectivity index (χ1v) is 6.28. The fourth-order valence-corrected chi connectivity index (χ4v) is 1.88. The van der Waals surface area contributed by atoms with Crippen LogP contribution >= 0.6 is 0 Å². The van der Waals surface area contributed by atoms with Crippen molar-refractivity contribution in [3.8, 4) is 5.88 Å². The molecule has 0 fully saturated rings. The van der Waals surface area contributed by atoms with Crippen LogP contribution in [0.25, 0.3) is 0 Å². The van der Waals surface area contributed by atoms with Crippen molar-refractivity contribution in [1.82, 2.24) is 4.98 Å². The van der Waals surface area contributed by atoms with E-state index in [1.807, 2.05) is 19.1 Å². The largest absolute Gasteiger partial charge is 0.476 e. The molecule has 0 aliphatic carbocycles. The van der Waals surface area contributed by atoms with Crippen LogP contribution in [0, 0.1) is 0 Å². The maximum absolute atomic E-state index is 5.82. The number of hydrogen-bond donors (Lipinski definition) is 1. The van der Waals surface area contributed by atoms with E-state index in [1.165, 1.54) is 0 Å². The molecule has 0 bridgehead atoms. The first-order chi connectivity index (χ1) is 8.63. The van der Waals surface area contributed by atoms with Crippen molar-refractivity contribution in [3.63, 3.8) is 0 Å². The minimum Gasteiger partial charge on any atom is -0.476 e. The smallest absolute Gasteiger partial charge is 0.239 e. The molecule has 1 rings (SSSR count). The lowest BCUT2D eigenvalue weighted by Crippen LogP contribution is -2.36. The minimum absolute atomic E-state index is 0.255. The van der Waals surface area contributed by atoms with E-state index in [9.17, 15) is 0 Å². The topological polar surface area (TPSA) is 60.6 Å². The molecule has 0 amide bonds. The highest BCUT2D eigenvalue weighted by Gasteiger charge is 2.15. The van der Waals surface area contributed by atoms with E-state index in [4.69, 9.17) is 15.2 Å². The number of nitrogens with zero attached hydrogens (tertiary/aromatic N) is 2. The van der Waals surface area contributed by atoms with Gasteiger partial charge < -0.3 is 20.1 Å². The number of aromatic nitrogens is 1. The molecule has 0 saturated heterocycles. The number of pyridine rings is 1. The second-order valence-electron chi connectivity index (χ2n) is 4.09. The van der Waals surface area contributed by atoms with Crippen LogP contribution < -0.4 is 15.4 Å². The molecule has 102 valence electrons. The summed E-state index contributed by atoms with van der Waals surface area (Å²) >= 11 is 0. The Bertz CT molecular complexity index is 371. The Morgan fingerprint density at radius 1 is 1.39 bits per heavy atom. The highest BCUT2D eigenvalue weighted by atomic mass is 16.5. The van der Waals surface area contributed by atoms with Gasteiger partial charge in [0.1, 0.15) is 5.82 Å². The minimum atomic E-state index is 0.255. The third kappa shape index (κ3) is 3.50. The highest BCUT2D eigenvalue weighted by Crippen LogP contribution is 2.24. The Morgan fingerprint density at radius 2 is 2.11 bits per heavy atom. The van der Waals surface area contributed by atoms with Crippen LogP contribution in [-0.4, -0.2) is 37.9 Å². The summed E-state index contributed by atoms with van der Waals surface area (Å²) in [6.45, 7) is 8.17. The summed E-state index contributed by atoms with van der Waals surface area (Å²) < 4.78 is 10.6. The monoisotopic (exact) mass is 253 g/mol. The van der Waals surface area contributed by atoms with Crippen LogP contribution in [0.15, 0.2) is 12.1 Å². The van der Waals surface area contributed by atoms with E-state index in [0.29, 0.717) is 24.8 Å². The molecule has 0 saturated carbocycles. The molecule has 1 heterocycles. The number of hydrogen-bond acceptors (Lipinski definition) is 5. The Labute approximate surface area is 109 Å². The molecule has 0 aromatic carbocycles. The lowest BCUT2D eigenvalue weighted by molar-refractivity contribution is 0.181. The van der Waals surface area contributed by atoms with Gasteiger partial charge in [-0.15, -0.1) is 0 Å². The lowest BCUT2D eigenvalue weighted by Gasteiger charge is -2.29. The molecule has 0 spiro atoms. The van der Waals surface area contributed by atoms with Crippen molar-refractivity contribution in [1.29, 1.82) is 0 Å². The van der Waals surface area contributed by atoms with Crippen LogP contribution in [0.2, 0.25) is 0 Å². The van der Waals surface area contributed by atoms with Gasteiger partial charge in [0.2, 0.25) is 5.88 Å². The van der Waals surface area contributed by atoms with Crippen LogP contribution in [0.1, 0.15) is 20.8 Å². The van der Waals surface area contributed by atoms with Gasteiger partial charge in [0.05, 0.1) is 24.9 Å². The number of nitrogen functional groups attached to an aromatic ring is 1. The van der Waals surface area contributed by atoms with E-state index in [1.54, 1.807) is 7.11 Å². The summed E-state index contributed by atoms with van der Waals surface area (Å²) in [5.41, 5.74) is 6.39. The SMILES string of the molecule is CCOc1nc(N(CC)C(C)COC)ccc1N. The zero-order chi connectivity index (χ0) is 13.5. The summed E-state index contributed by atoms with van der Waals surface area (Å²) in [5, 5.41) is 0. The molecule has 0 aliphatic rings. The molecule has 1 aromatic heterocycles. The number of likely N-dealkylation sites (N-methyl/N-ethyl adjacent to an activating group) is 1. The van der Waals surface area contributed by atoms with E-state index in [-0.39, 0.29) is 6.04 Å². The van der Waals surface area contributed by atoms with E-state index in [2.05, 4.69) is 23.7 Å². The van der Waals surface area contributed by atoms with Crippen molar-refractivity contribution in [2.45, 2.75) is 26.8 Å². The van der Waals surface area contributed by atoms with Gasteiger partial charge in [-0.2, -0.15) is 4.98 Å². The zero-order valence-electron chi connectivity index (χ0n) is 11.6. The number of nitrogens with two attached hydrogens (primary N) is 1. The Morgan fingerprint density at radius 3 is 2.67 bits per heavy atom. The first-order valence-electron chi connectivity index (χ1n) is 6.28. The zero-order valence-corrected chi connectivity index (χ0v) is 11.6. The van der Waals surface area contributed by atoms with E-state index in [0.717, 1.165) is 12.4 Å². The predicted molar refractivity (Wildman–Crippen MR) is 74.2 cm³/mol. The van der Waals surface area contributed by atoms with Gasteiger partial charge in [-0.3, -0.25) is 0 Å². The van der Waals surface area contributed by atoms with Crippen molar-refractivity contribution in [2.24, 2.45) is 0 Å². The van der Waals surface area contributed by atoms with Crippen molar-refractivity contribution in [2.75, 3.05) is 37.5 Å². The molecule has 0 radical (unpaired) electrons. The van der Waals surface area contributed by atoms with Crippen LogP contribution in [0.5, 0.6) is 5.88 Å². The molecular formula is C13H23N3O2. The Hall–Kier alpha value is -1.49. The fraction of sp³-hybridized carbons (Fsp3) is 0.615. The maximum Gasteiger partial charge on any atom is 0.239 e. The lowest BCUT2D eigenvalue weighted by atomic mass is 10.2. The molecule has 1 aromatic rings. The number of anilines is 2. The number of ether oxygens (including phenoxy) is 2. The standard InChI is InChI=1S/C13H23N3O2/c1-5-16(10(3)9-17-4)12-8-7-11(14)13(15-12)18-6-2/h7-8,10H,5-6,9,14H2,1-4H3. The average molecular weight is 253 g/mol. The van der Waals surface area contributed by atoms with Crippen LogP contribution in [0.4, 0.5) is 11.5 Å². The summed E-state index contributed by atoms with van der Waals surface area (Å²) in [6, 6.07) is 3.99. The molecule has 1 unspecified atom stereocenters. The number of methoxy groups -OCH3 is 1. The Balaban J connectivity index is 2.95. The predicted octanol–water partition coefficient (Wildman–Crippen LogP) is 1.92. The second-order valence-corrected chi connectivity index (χ2v) is 4.09. The third-order valence-electron chi connectivity index (χ3n) is 2.73. The van der Waals surface area contributed by atoms with Crippen molar-refractivity contribution < 1.29 is 9.47 Å². The molecule has 0 aliphatic heterocycles. The molecular weight excluding hydrogens is 230 g/mol. The van der Waals surface area contributed by atoms with Crippen LogP contribution in [-0.2, 0) is 4.74 Å². The van der Waals surface area contributed by atoms with Crippen molar-refractivity contribution >= 4 is 11.5 Å². The summed E-state index contributed by atoms with van der Waals surface area (Å²) in [4.78, 5) is 6.62. The van der Waals surface area contributed by atoms with Gasteiger partial charge in [-0.05, 0) is 32.9 Å². The van der Waals surface area contributed by atoms with E-state index < -0.39 is 0 Å². The molecule has 18 heavy (non-hydrogen) atoms. The first kappa shape index (κ1) is 14.6. The van der Waals surface area contributed by atoms with Gasteiger partial charge in [0.15, 0.2) is 0 Å². The quantitative estimate of drug-likeness (QED) is 0.804. The molecule has 5 nitrogen and oxygen atoms in total. The fourth-order valence-electron chi connectivity index (χ4n) is 1.88. The van der Waals surface area contributed by atoms with E-state index >= 15 is 0 Å². The normalized spacial score (nSPS) is 12.2. The van der Waals surface area contributed by atoms with Gasteiger partial charge >= 0.3 is 0 Å². The summed E-state index contributed by atoms with van der Waals surface area (Å²) in [7, 11) is 1.70. The van der Waals surface area contributed by atoms with Gasteiger partial charge in [0, 0.05) is 13.7 Å². The average Bonchev–Trinajstić information content (AvgIpc) is 2.34. The summed E-state index contributed by atoms with van der Waals surface area (Å²) in [5.74, 6) is 1.36. The molecule has 2 N–H and O–H groups in total. The third-order valence-corrected chi connectivity index (χ3v) is 2.73. The second kappa shape index (κ2) is 7.06. The number of rotatable bonds is 7. The van der Waals surface area contributed by atoms with Gasteiger partial charge in [-0.1, -0.05) is 0 Å². The van der Waals surface area contributed by atoms with Crippen molar-refractivity contribution in [3.05, 3.63) is 12.1 Å². The molecule has 1 atom stereocenters. The highest BCUT2D eigenvalue weighted by molar-refractivity contribution is 5.54. The Kier molecular flexibility index (Phi) is 5.71. The van der Waals surface area contributed by atoms with Gasteiger partial charge in [0.25, 0.3) is 0 Å². The summed E-state index contributed by atoms with van der Waals surface area (Å²) in [6.07, 6.45) is 0.